The molecule has 0 aliphatic rings. The minimum Gasteiger partial charge on any atom is -0.459 e. The van der Waals surface area contributed by atoms with Gasteiger partial charge in [0.05, 0.1) is 11.7 Å². The summed E-state index contributed by atoms with van der Waals surface area (Å²) in [4.78, 5) is 24.3. The maximum Gasteiger partial charge on any atom is 0.393 e. The first-order valence-electron chi connectivity index (χ1n) is 9.34. The molecule has 0 saturated heterocycles. The minimum atomic E-state index is -7.85. The van der Waals surface area contributed by atoms with Gasteiger partial charge in [0.2, 0.25) is 0 Å². The summed E-state index contributed by atoms with van der Waals surface area (Å²) in [5.74, 6) is -41.9. The number of aryl methyl sites for hydroxylation is 1. The quantitative estimate of drug-likeness (QED) is 0.263. The second kappa shape index (κ2) is 9.69. The standard InChI is InChI=1S/C18H17F12NO3S/c1-5-8-7(4)35-10(9(8)11(32)34-6(2)3)31-13(33)15(23,24)17(27,28)18(29,30)16(25,26)14(21,22)12(19)20/h6,12H,5H2,1-4H3,(H,31,33). The van der Waals surface area contributed by atoms with E-state index in [0.29, 0.717) is 11.3 Å². The average molecular weight is 555 g/mol. The molecule has 1 rings (SSSR count). The largest absolute Gasteiger partial charge is 0.459 e. The first-order valence-corrected chi connectivity index (χ1v) is 10.2. The summed E-state index contributed by atoms with van der Waals surface area (Å²) in [6, 6.07) is 0. The van der Waals surface area contributed by atoms with Crippen molar-refractivity contribution in [3.63, 3.8) is 0 Å². The van der Waals surface area contributed by atoms with Crippen LogP contribution in [-0.2, 0) is 16.0 Å². The highest BCUT2D eigenvalue weighted by Crippen LogP contribution is 2.58. The molecule has 1 heterocycles. The van der Waals surface area contributed by atoms with Gasteiger partial charge in [-0.15, -0.1) is 11.3 Å². The lowest BCUT2D eigenvalue weighted by Gasteiger charge is -2.38. The molecule has 4 nitrogen and oxygen atoms in total. The first-order chi connectivity index (χ1) is 15.5. The van der Waals surface area contributed by atoms with Crippen LogP contribution in [0.2, 0.25) is 0 Å². The zero-order valence-electron chi connectivity index (χ0n) is 18.0. The number of esters is 1. The van der Waals surface area contributed by atoms with E-state index in [1.165, 1.54) is 27.7 Å². The molecule has 1 amide bonds. The lowest BCUT2D eigenvalue weighted by molar-refractivity contribution is -0.406. The van der Waals surface area contributed by atoms with Crippen molar-refractivity contribution >= 4 is 28.2 Å². The third-order valence-electron chi connectivity index (χ3n) is 4.50. The fourth-order valence-electron chi connectivity index (χ4n) is 2.65. The molecule has 0 aromatic carbocycles. The molecular formula is C18H17F12NO3S. The van der Waals surface area contributed by atoms with E-state index in [-0.39, 0.29) is 16.9 Å². The van der Waals surface area contributed by atoms with Crippen LogP contribution in [0.1, 0.15) is 41.6 Å². The van der Waals surface area contributed by atoms with Gasteiger partial charge in [0.1, 0.15) is 5.00 Å². The van der Waals surface area contributed by atoms with E-state index < -0.39 is 64.6 Å². The van der Waals surface area contributed by atoms with E-state index in [0.717, 1.165) is 5.32 Å². The van der Waals surface area contributed by atoms with Crippen molar-refractivity contribution in [2.45, 2.75) is 76.3 Å². The summed E-state index contributed by atoms with van der Waals surface area (Å²) in [7, 11) is 0. The van der Waals surface area contributed by atoms with Crippen LogP contribution in [0.4, 0.5) is 57.7 Å². The minimum absolute atomic E-state index is 0.000287. The van der Waals surface area contributed by atoms with E-state index in [1.807, 2.05) is 0 Å². The molecule has 1 N–H and O–H groups in total. The maximum absolute atomic E-state index is 14.1. The van der Waals surface area contributed by atoms with Gasteiger partial charge >= 0.3 is 47.9 Å². The summed E-state index contributed by atoms with van der Waals surface area (Å²) in [6.45, 7) is 5.45. The number of ether oxygens (including phenoxy) is 1. The Morgan fingerprint density at radius 2 is 1.40 bits per heavy atom. The summed E-state index contributed by atoms with van der Waals surface area (Å²) >= 11 is 0.331. The summed E-state index contributed by atoms with van der Waals surface area (Å²) in [6.07, 6.45) is -6.46. The van der Waals surface area contributed by atoms with Crippen LogP contribution in [0.5, 0.6) is 0 Å². The Kier molecular flexibility index (Phi) is 8.53. The van der Waals surface area contributed by atoms with Crippen molar-refractivity contribution in [3.05, 3.63) is 16.0 Å². The Labute approximate surface area is 193 Å². The molecule has 0 bridgehead atoms. The van der Waals surface area contributed by atoms with Crippen LogP contribution in [0.15, 0.2) is 0 Å². The Balaban J connectivity index is 3.52. The van der Waals surface area contributed by atoms with Crippen LogP contribution >= 0.6 is 11.3 Å². The van der Waals surface area contributed by atoms with E-state index in [2.05, 4.69) is 0 Å². The van der Waals surface area contributed by atoms with Gasteiger partial charge in [0.15, 0.2) is 0 Å². The van der Waals surface area contributed by atoms with E-state index in [1.54, 1.807) is 0 Å². The molecule has 0 saturated carbocycles. The van der Waals surface area contributed by atoms with Gasteiger partial charge in [0.25, 0.3) is 0 Å². The number of hydrogen-bond donors (Lipinski definition) is 1. The average Bonchev–Trinajstić information content (AvgIpc) is 3.01. The third kappa shape index (κ3) is 4.91. The van der Waals surface area contributed by atoms with Gasteiger partial charge in [-0.05, 0) is 32.8 Å². The zero-order valence-corrected chi connectivity index (χ0v) is 18.8. The molecule has 0 spiro atoms. The van der Waals surface area contributed by atoms with Gasteiger partial charge in [0, 0.05) is 4.88 Å². The molecule has 35 heavy (non-hydrogen) atoms. The van der Waals surface area contributed by atoms with Crippen molar-refractivity contribution in [2.24, 2.45) is 0 Å². The van der Waals surface area contributed by atoms with Gasteiger partial charge in [-0.3, -0.25) is 4.79 Å². The molecule has 202 valence electrons. The Bertz CT molecular complexity index is 959. The number of halogens is 12. The molecule has 17 heteroatoms. The van der Waals surface area contributed by atoms with Crippen molar-refractivity contribution < 1.29 is 67.0 Å². The van der Waals surface area contributed by atoms with Crippen LogP contribution in [0.3, 0.4) is 0 Å². The lowest BCUT2D eigenvalue weighted by Crippen LogP contribution is -2.70. The zero-order chi connectivity index (χ0) is 27.9. The van der Waals surface area contributed by atoms with Crippen molar-refractivity contribution in [3.8, 4) is 0 Å². The second-order valence-corrected chi connectivity index (χ2v) is 8.55. The SMILES string of the molecule is CCc1c(C)sc(NC(=O)C(F)(F)C(F)(F)C(F)(F)C(F)(F)C(F)(F)C(F)F)c1C(=O)OC(C)C. The van der Waals surface area contributed by atoms with Crippen molar-refractivity contribution in [2.75, 3.05) is 5.32 Å². The predicted molar refractivity (Wildman–Crippen MR) is 98.4 cm³/mol. The molecule has 0 fully saturated rings. The highest BCUT2D eigenvalue weighted by atomic mass is 32.1. The van der Waals surface area contributed by atoms with Crippen LogP contribution in [0.25, 0.3) is 0 Å². The van der Waals surface area contributed by atoms with E-state index in [9.17, 15) is 62.3 Å². The highest BCUT2D eigenvalue weighted by molar-refractivity contribution is 7.16. The molecule has 1 aromatic rings. The number of rotatable bonds is 10. The highest BCUT2D eigenvalue weighted by Gasteiger charge is 2.89. The predicted octanol–water partition coefficient (Wildman–Crippen LogP) is 6.56. The van der Waals surface area contributed by atoms with Crippen molar-refractivity contribution in [1.29, 1.82) is 0 Å². The molecule has 0 aliphatic carbocycles. The first kappa shape index (κ1) is 30.8. The number of alkyl halides is 12. The maximum atomic E-state index is 14.1. The molecule has 0 unspecified atom stereocenters. The Morgan fingerprint density at radius 3 is 1.80 bits per heavy atom. The normalized spacial score (nSPS) is 14.0. The third-order valence-corrected chi connectivity index (χ3v) is 5.56. The molecule has 0 radical (unpaired) electrons. The monoisotopic (exact) mass is 555 g/mol. The van der Waals surface area contributed by atoms with Crippen LogP contribution in [0, 0.1) is 6.92 Å². The fraction of sp³-hybridized carbons (Fsp3) is 0.667. The number of carbonyl (C=O) groups excluding carboxylic acids is 2. The number of carbonyl (C=O) groups is 2. The van der Waals surface area contributed by atoms with Gasteiger partial charge < -0.3 is 10.1 Å². The van der Waals surface area contributed by atoms with Crippen molar-refractivity contribution in [1.82, 2.24) is 0 Å². The summed E-state index contributed by atoms with van der Waals surface area (Å²) < 4.78 is 165. The van der Waals surface area contributed by atoms with E-state index in [4.69, 9.17) is 4.74 Å². The topological polar surface area (TPSA) is 55.4 Å². The number of amides is 1. The Morgan fingerprint density at radius 1 is 0.914 bits per heavy atom. The number of nitrogens with one attached hydrogen (secondary N) is 1. The number of hydrogen-bond acceptors (Lipinski definition) is 4. The molecule has 1 aromatic heterocycles. The number of thiophene rings is 1. The second-order valence-electron chi connectivity index (χ2n) is 7.32. The summed E-state index contributed by atoms with van der Waals surface area (Å²) in [5, 5.41) is 0.108. The molecule has 0 aliphatic heterocycles. The Hall–Kier alpha value is -2.20. The van der Waals surface area contributed by atoms with Gasteiger partial charge in [-0.1, -0.05) is 6.92 Å². The fourth-order valence-corrected chi connectivity index (χ4v) is 3.77. The number of anilines is 1. The smallest absolute Gasteiger partial charge is 0.393 e. The van der Waals surface area contributed by atoms with Gasteiger partial charge in [-0.25, -0.2) is 13.6 Å². The van der Waals surface area contributed by atoms with E-state index >= 15 is 0 Å². The molecule has 0 atom stereocenters. The lowest BCUT2D eigenvalue weighted by atomic mass is 9.94. The van der Waals surface area contributed by atoms with Gasteiger partial charge in [-0.2, -0.15) is 43.9 Å². The van der Waals surface area contributed by atoms with Crippen LogP contribution < -0.4 is 5.32 Å². The summed E-state index contributed by atoms with van der Waals surface area (Å²) in [5.41, 5.74) is -0.558. The van der Waals surface area contributed by atoms with Crippen LogP contribution in [-0.4, -0.2) is 54.0 Å². The molecular weight excluding hydrogens is 538 g/mol.